The van der Waals surface area contributed by atoms with Crippen LogP contribution in [0.1, 0.15) is 46.3 Å². The number of aryl methyl sites for hydroxylation is 1. The standard InChI is InChI=1S/C21H26N2O/c1-17-8-7-11-18(14-17)21(24)22-15-19-9-3-4-10-20(19)16-23-12-5-2-6-13-23/h3-4,7-11,14H,2,5-6,12-13,15-16H2,1H3,(H,22,24). The Bertz CT molecular complexity index is 690. The van der Waals surface area contributed by atoms with Gasteiger partial charge in [-0.2, -0.15) is 0 Å². The Labute approximate surface area is 144 Å². The lowest BCUT2D eigenvalue weighted by Gasteiger charge is -2.27. The molecule has 0 unspecified atom stereocenters. The van der Waals surface area contributed by atoms with E-state index in [4.69, 9.17) is 0 Å². The number of hydrogen-bond acceptors (Lipinski definition) is 2. The summed E-state index contributed by atoms with van der Waals surface area (Å²) in [6.07, 6.45) is 3.95. The second-order valence-corrected chi connectivity index (χ2v) is 6.66. The van der Waals surface area contributed by atoms with Gasteiger partial charge in [-0.25, -0.2) is 0 Å². The van der Waals surface area contributed by atoms with E-state index in [0.717, 1.165) is 17.7 Å². The van der Waals surface area contributed by atoms with Crippen LogP contribution in [0.25, 0.3) is 0 Å². The molecule has 2 aromatic carbocycles. The predicted molar refractivity (Wildman–Crippen MR) is 97.9 cm³/mol. The van der Waals surface area contributed by atoms with Crippen LogP contribution in [0.5, 0.6) is 0 Å². The van der Waals surface area contributed by atoms with E-state index in [1.54, 1.807) is 0 Å². The third kappa shape index (κ3) is 4.45. The molecule has 24 heavy (non-hydrogen) atoms. The summed E-state index contributed by atoms with van der Waals surface area (Å²) >= 11 is 0. The number of piperidine rings is 1. The average Bonchev–Trinajstić information content (AvgIpc) is 2.61. The van der Waals surface area contributed by atoms with Gasteiger partial charge in [-0.1, -0.05) is 48.4 Å². The number of nitrogens with zero attached hydrogens (tertiary/aromatic N) is 1. The Hall–Kier alpha value is -2.13. The van der Waals surface area contributed by atoms with Crippen LogP contribution in [0.4, 0.5) is 0 Å². The van der Waals surface area contributed by atoms with E-state index in [9.17, 15) is 4.79 Å². The molecule has 126 valence electrons. The zero-order chi connectivity index (χ0) is 16.8. The maximum atomic E-state index is 12.3. The normalized spacial score (nSPS) is 15.2. The Kier molecular flexibility index (Phi) is 5.65. The Balaban J connectivity index is 1.63. The van der Waals surface area contributed by atoms with Crippen molar-refractivity contribution in [2.75, 3.05) is 13.1 Å². The van der Waals surface area contributed by atoms with E-state index < -0.39 is 0 Å². The molecule has 1 fully saturated rings. The number of hydrogen-bond donors (Lipinski definition) is 1. The van der Waals surface area contributed by atoms with E-state index in [-0.39, 0.29) is 5.91 Å². The summed E-state index contributed by atoms with van der Waals surface area (Å²) in [5, 5.41) is 3.06. The summed E-state index contributed by atoms with van der Waals surface area (Å²) in [7, 11) is 0. The van der Waals surface area contributed by atoms with Crippen molar-refractivity contribution in [1.82, 2.24) is 10.2 Å². The van der Waals surface area contributed by atoms with Crippen molar-refractivity contribution in [3.63, 3.8) is 0 Å². The quantitative estimate of drug-likeness (QED) is 0.905. The Morgan fingerprint density at radius 2 is 1.75 bits per heavy atom. The van der Waals surface area contributed by atoms with Crippen molar-refractivity contribution >= 4 is 5.91 Å². The second-order valence-electron chi connectivity index (χ2n) is 6.66. The fourth-order valence-electron chi connectivity index (χ4n) is 3.31. The first-order chi connectivity index (χ1) is 11.7. The first-order valence-electron chi connectivity index (χ1n) is 8.86. The molecule has 0 aliphatic carbocycles. The van der Waals surface area contributed by atoms with Crippen LogP contribution < -0.4 is 5.32 Å². The SMILES string of the molecule is Cc1cccc(C(=O)NCc2ccccc2CN2CCCCC2)c1. The van der Waals surface area contributed by atoms with Crippen molar-refractivity contribution in [1.29, 1.82) is 0 Å². The summed E-state index contributed by atoms with van der Waals surface area (Å²) in [5.74, 6) is -0.00789. The minimum absolute atomic E-state index is 0.00789. The molecule has 1 heterocycles. The molecular weight excluding hydrogens is 296 g/mol. The fraction of sp³-hybridized carbons (Fsp3) is 0.381. The van der Waals surface area contributed by atoms with Crippen molar-refractivity contribution in [3.05, 3.63) is 70.8 Å². The number of rotatable bonds is 5. The highest BCUT2D eigenvalue weighted by Gasteiger charge is 2.13. The van der Waals surface area contributed by atoms with E-state index in [1.807, 2.05) is 37.3 Å². The average molecular weight is 322 g/mol. The summed E-state index contributed by atoms with van der Waals surface area (Å²) in [5.41, 5.74) is 4.37. The largest absolute Gasteiger partial charge is 0.348 e. The third-order valence-electron chi connectivity index (χ3n) is 4.68. The topological polar surface area (TPSA) is 32.3 Å². The predicted octanol–water partition coefficient (Wildman–Crippen LogP) is 3.91. The van der Waals surface area contributed by atoms with E-state index in [2.05, 4.69) is 28.4 Å². The van der Waals surface area contributed by atoms with Crippen LogP contribution in [0.15, 0.2) is 48.5 Å². The Morgan fingerprint density at radius 3 is 2.50 bits per heavy atom. The van der Waals surface area contributed by atoms with Crippen molar-refractivity contribution in [3.8, 4) is 0 Å². The molecule has 0 spiro atoms. The molecule has 1 aliphatic rings. The highest BCUT2D eigenvalue weighted by atomic mass is 16.1. The highest BCUT2D eigenvalue weighted by Crippen LogP contribution is 2.16. The van der Waals surface area contributed by atoms with Gasteiger partial charge in [0, 0.05) is 18.7 Å². The highest BCUT2D eigenvalue weighted by molar-refractivity contribution is 5.94. The lowest BCUT2D eigenvalue weighted by Crippen LogP contribution is -2.30. The van der Waals surface area contributed by atoms with Gasteiger partial charge in [-0.15, -0.1) is 0 Å². The van der Waals surface area contributed by atoms with Gasteiger partial charge in [0.25, 0.3) is 5.91 Å². The lowest BCUT2D eigenvalue weighted by atomic mass is 10.0. The van der Waals surface area contributed by atoms with E-state index >= 15 is 0 Å². The van der Waals surface area contributed by atoms with Crippen molar-refractivity contribution in [2.24, 2.45) is 0 Å². The first kappa shape index (κ1) is 16.7. The number of amides is 1. The first-order valence-corrected chi connectivity index (χ1v) is 8.86. The molecule has 1 saturated heterocycles. The summed E-state index contributed by atoms with van der Waals surface area (Å²) in [6, 6.07) is 16.2. The van der Waals surface area contributed by atoms with Crippen LogP contribution in [0.3, 0.4) is 0 Å². The van der Waals surface area contributed by atoms with Gasteiger partial charge in [-0.3, -0.25) is 9.69 Å². The van der Waals surface area contributed by atoms with Crippen LogP contribution in [0.2, 0.25) is 0 Å². The van der Waals surface area contributed by atoms with Crippen LogP contribution >= 0.6 is 0 Å². The maximum absolute atomic E-state index is 12.3. The number of benzene rings is 2. The van der Waals surface area contributed by atoms with E-state index in [1.165, 1.54) is 43.5 Å². The molecule has 3 nitrogen and oxygen atoms in total. The molecular formula is C21H26N2O. The molecule has 0 aromatic heterocycles. The van der Waals surface area contributed by atoms with Gasteiger partial charge in [0.2, 0.25) is 0 Å². The number of likely N-dealkylation sites (tertiary alicyclic amines) is 1. The smallest absolute Gasteiger partial charge is 0.251 e. The molecule has 3 rings (SSSR count). The van der Waals surface area contributed by atoms with E-state index in [0.29, 0.717) is 6.54 Å². The van der Waals surface area contributed by atoms with Gasteiger partial charge < -0.3 is 5.32 Å². The zero-order valence-electron chi connectivity index (χ0n) is 14.4. The molecule has 3 heteroatoms. The molecule has 0 atom stereocenters. The number of nitrogens with one attached hydrogen (secondary N) is 1. The van der Waals surface area contributed by atoms with Crippen LogP contribution in [-0.2, 0) is 13.1 Å². The zero-order valence-corrected chi connectivity index (χ0v) is 14.4. The minimum Gasteiger partial charge on any atom is -0.348 e. The van der Waals surface area contributed by atoms with Gasteiger partial charge in [0.1, 0.15) is 0 Å². The minimum atomic E-state index is -0.00789. The van der Waals surface area contributed by atoms with Gasteiger partial charge in [0.05, 0.1) is 0 Å². The third-order valence-corrected chi connectivity index (χ3v) is 4.68. The molecule has 0 radical (unpaired) electrons. The summed E-state index contributed by atoms with van der Waals surface area (Å²) in [4.78, 5) is 14.9. The molecule has 0 bridgehead atoms. The van der Waals surface area contributed by atoms with Gasteiger partial charge >= 0.3 is 0 Å². The van der Waals surface area contributed by atoms with Crippen molar-refractivity contribution < 1.29 is 4.79 Å². The monoisotopic (exact) mass is 322 g/mol. The van der Waals surface area contributed by atoms with Crippen molar-refractivity contribution in [2.45, 2.75) is 39.3 Å². The lowest BCUT2D eigenvalue weighted by molar-refractivity contribution is 0.0950. The van der Waals surface area contributed by atoms with Gasteiger partial charge in [-0.05, 0) is 56.1 Å². The number of carbonyl (C=O) groups is 1. The number of carbonyl (C=O) groups excluding carboxylic acids is 1. The molecule has 1 N–H and O–H groups in total. The molecule has 2 aromatic rings. The fourth-order valence-corrected chi connectivity index (χ4v) is 3.31. The molecule has 0 saturated carbocycles. The summed E-state index contributed by atoms with van der Waals surface area (Å²) in [6.45, 7) is 5.94. The molecule has 1 aliphatic heterocycles. The van der Waals surface area contributed by atoms with Gasteiger partial charge in [0.15, 0.2) is 0 Å². The Morgan fingerprint density at radius 1 is 1.00 bits per heavy atom. The summed E-state index contributed by atoms with van der Waals surface area (Å²) < 4.78 is 0. The van der Waals surface area contributed by atoms with Crippen LogP contribution in [0, 0.1) is 6.92 Å². The maximum Gasteiger partial charge on any atom is 0.251 e. The van der Waals surface area contributed by atoms with Crippen LogP contribution in [-0.4, -0.2) is 23.9 Å². The molecule has 1 amide bonds. The second kappa shape index (κ2) is 8.11.